The summed E-state index contributed by atoms with van der Waals surface area (Å²) in [5.74, 6) is -0.103. The number of carbonyl (C=O) groups excluding carboxylic acids is 1. The standard InChI is InChI=1S/C33H37Cl2F2N3O7S/c1-40(2)11-12-48(42,43)39-27-9-7-23(14-30(27)44-18-20-3-4-20)32(41)46-29(15-24-25(34)16-38-17-26(24)35)22-8-10-28(47-33(36)37)31(13-22)45-19-21-5-6-21/h7-10,13-14,16-17,20-21,29,33,39H,3-6,11-12,15,18-19H2,1-2H3/t29-/m0/s1. The number of sulfonamides is 1. The van der Waals surface area contributed by atoms with Crippen molar-refractivity contribution in [3.8, 4) is 17.2 Å². The van der Waals surface area contributed by atoms with E-state index in [0.717, 1.165) is 25.7 Å². The molecule has 1 aromatic heterocycles. The molecule has 260 valence electrons. The number of rotatable bonds is 18. The summed E-state index contributed by atoms with van der Waals surface area (Å²) in [7, 11) is -0.164. The first-order valence-corrected chi connectivity index (χ1v) is 17.9. The molecule has 2 aromatic carbocycles. The second kappa shape index (κ2) is 15.9. The third-order valence-corrected chi connectivity index (χ3v) is 9.68. The van der Waals surface area contributed by atoms with Gasteiger partial charge < -0.3 is 23.8 Å². The van der Waals surface area contributed by atoms with E-state index in [1.807, 2.05) is 0 Å². The monoisotopic (exact) mass is 727 g/mol. The highest BCUT2D eigenvalue weighted by atomic mass is 35.5. The fourth-order valence-corrected chi connectivity index (χ4v) is 6.36. The molecule has 2 saturated carbocycles. The van der Waals surface area contributed by atoms with Gasteiger partial charge in [-0.05, 0) is 93.1 Å². The molecule has 0 radical (unpaired) electrons. The van der Waals surface area contributed by atoms with Gasteiger partial charge in [0.25, 0.3) is 0 Å². The highest BCUT2D eigenvalue weighted by Gasteiger charge is 2.28. The van der Waals surface area contributed by atoms with Crippen molar-refractivity contribution in [3.05, 3.63) is 75.5 Å². The highest BCUT2D eigenvalue weighted by Crippen LogP contribution is 2.39. The second-order valence-corrected chi connectivity index (χ2v) is 14.9. The number of aromatic nitrogens is 1. The number of halogens is 4. The van der Waals surface area contributed by atoms with E-state index in [1.54, 1.807) is 19.0 Å². The fourth-order valence-electron chi connectivity index (χ4n) is 4.63. The summed E-state index contributed by atoms with van der Waals surface area (Å²) in [5.41, 5.74) is 1.16. The Labute approximate surface area is 288 Å². The molecule has 0 aliphatic heterocycles. The van der Waals surface area contributed by atoms with Gasteiger partial charge in [-0.2, -0.15) is 8.78 Å². The zero-order valence-corrected chi connectivity index (χ0v) is 28.8. The van der Waals surface area contributed by atoms with Crippen LogP contribution in [0.15, 0.2) is 48.8 Å². The van der Waals surface area contributed by atoms with Gasteiger partial charge in [-0.1, -0.05) is 29.3 Å². The van der Waals surface area contributed by atoms with Gasteiger partial charge >= 0.3 is 12.6 Å². The quantitative estimate of drug-likeness (QED) is 0.138. The molecule has 0 unspecified atom stereocenters. The van der Waals surface area contributed by atoms with Gasteiger partial charge in [0.2, 0.25) is 10.0 Å². The van der Waals surface area contributed by atoms with Crippen molar-refractivity contribution in [3.63, 3.8) is 0 Å². The first kappa shape index (κ1) is 35.9. The van der Waals surface area contributed by atoms with E-state index < -0.39 is 28.7 Å². The smallest absolute Gasteiger partial charge is 0.387 e. The molecule has 1 N–H and O–H groups in total. The van der Waals surface area contributed by atoms with E-state index >= 15 is 0 Å². The van der Waals surface area contributed by atoms with Gasteiger partial charge in [-0.3, -0.25) is 9.71 Å². The van der Waals surface area contributed by atoms with Crippen molar-refractivity contribution in [2.45, 2.75) is 44.8 Å². The van der Waals surface area contributed by atoms with E-state index in [4.69, 9.17) is 37.4 Å². The number of nitrogens with zero attached hydrogens (tertiary/aromatic N) is 2. The number of alkyl halides is 2. The Morgan fingerprint density at radius 3 is 2.21 bits per heavy atom. The molecule has 1 atom stereocenters. The minimum Gasteiger partial charge on any atom is -0.491 e. The Balaban J connectivity index is 1.44. The van der Waals surface area contributed by atoms with E-state index in [0.29, 0.717) is 42.7 Å². The minimum atomic E-state index is -3.71. The van der Waals surface area contributed by atoms with Crippen molar-refractivity contribution in [2.75, 3.05) is 44.3 Å². The van der Waals surface area contributed by atoms with Gasteiger partial charge in [0.15, 0.2) is 11.5 Å². The number of hydrogen-bond donors (Lipinski definition) is 1. The topological polar surface area (TPSA) is 116 Å². The molecule has 0 saturated heterocycles. The summed E-state index contributed by atoms with van der Waals surface area (Å²) in [6.07, 6.45) is 5.78. The minimum absolute atomic E-state index is 0.0117. The molecule has 2 aliphatic rings. The van der Waals surface area contributed by atoms with Crippen molar-refractivity contribution in [1.82, 2.24) is 9.88 Å². The first-order chi connectivity index (χ1) is 22.9. The molecule has 0 spiro atoms. The van der Waals surface area contributed by atoms with Crippen LogP contribution in [0.5, 0.6) is 17.2 Å². The molecule has 0 amide bonds. The van der Waals surface area contributed by atoms with Crippen molar-refractivity contribution >= 4 is 44.9 Å². The van der Waals surface area contributed by atoms with E-state index in [1.165, 1.54) is 48.8 Å². The lowest BCUT2D eigenvalue weighted by atomic mass is 10.0. The summed E-state index contributed by atoms with van der Waals surface area (Å²) >= 11 is 12.9. The van der Waals surface area contributed by atoms with Gasteiger partial charge in [-0.25, -0.2) is 13.2 Å². The Morgan fingerprint density at radius 1 is 0.958 bits per heavy atom. The molecule has 15 heteroatoms. The average molecular weight is 729 g/mol. The molecule has 0 bridgehead atoms. The lowest BCUT2D eigenvalue weighted by Gasteiger charge is -2.22. The van der Waals surface area contributed by atoms with Crippen LogP contribution < -0.4 is 18.9 Å². The maximum Gasteiger partial charge on any atom is 0.387 e. The van der Waals surface area contributed by atoms with Gasteiger partial charge in [0.05, 0.1) is 40.3 Å². The van der Waals surface area contributed by atoms with Gasteiger partial charge in [0.1, 0.15) is 11.9 Å². The second-order valence-electron chi connectivity index (χ2n) is 12.2. The number of hydrogen-bond acceptors (Lipinski definition) is 9. The third-order valence-electron chi connectivity index (χ3n) is 7.78. The summed E-state index contributed by atoms with van der Waals surface area (Å²) in [6, 6.07) is 8.65. The molecule has 5 rings (SSSR count). The maximum atomic E-state index is 13.7. The summed E-state index contributed by atoms with van der Waals surface area (Å²) in [5, 5.41) is 0.487. The van der Waals surface area contributed by atoms with Crippen LogP contribution in [-0.2, 0) is 21.2 Å². The zero-order valence-electron chi connectivity index (χ0n) is 26.5. The molecular weight excluding hydrogens is 691 g/mol. The Morgan fingerprint density at radius 2 is 1.60 bits per heavy atom. The molecular formula is C33H37Cl2F2N3O7S. The summed E-state index contributed by atoms with van der Waals surface area (Å²) in [6.45, 7) is -2.07. The van der Waals surface area contributed by atoms with E-state index in [9.17, 15) is 22.0 Å². The lowest BCUT2D eigenvalue weighted by Crippen LogP contribution is -2.26. The zero-order chi connectivity index (χ0) is 34.4. The lowest BCUT2D eigenvalue weighted by molar-refractivity contribution is -0.0515. The normalized spacial score (nSPS) is 15.3. The molecule has 1 heterocycles. The summed E-state index contributed by atoms with van der Waals surface area (Å²) in [4.78, 5) is 19.5. The van der Waals surface area contributed by atoms with Crippen LogP contribution in [-0.4, -0.2) is 70.5 Å². The van der Waals surface area contributed by atoms with Crippen LogP contribution in [0.25, 0.3) is 0 Å². The van der Waals surface area contributed by atoms with Crippen molar-refractivity contribution in [1.29, 1.82) is 0 Å². The van der Waals surface area contributed by atoms with Crippen LogP contribution in [0.1, 0.15) is 53.3 Å². The Hall–Kier alpha value is -3.39. The van der Waals surface area contributed by atoms with Crippen LogP contribution >= 0.6 is 23.2 Å². The first-order valence-electron chi connectivity index (χ1n) is 15.5. The Bertz CT molecular complexity index is 1690. The molecule has 10 nitrogen and oxygen atoms in total. The number of pyridine rings is 1. The largest absolute Gasteiger partial charge is 0.491 e. The fraction of sp³-hybridized carbons (Fsp3) is 0.455. The average Bonchev–Trinajstić information content (AvgIpc) is 3.96. The number of carbonyl (C=O) groups is 1. The number of ether oxygens (including phenoxy) is 4. The molecule has 2 fully saturated rings. The van der Waals surface area contributed by atoms with Gasteiger partial charge in [-0.15, -0.1) is 0 Å². The number of nitrogens with one attached hydrogen (secondary N) is 1. The van der Waals surface area contributed by atoms with Crippen LogP contribution in [0.3, 0.4) is 0 Å². The number of esters is 1. The third kappa shape index (κ3) is 10.6. The van der Waals surface area contributed by atoms with Crippen molar-refractivity contribution in [2.24, 2.45) is 11.8 Å². The molecule has 2 aliphatic carbocycles. The van der Waals surface area contributed by atoms with E-state index in [2.05, 4.69) is 14.4 Å². The Kier molecular flexibility index (Phi) is 11.9. The number of benzene rings is 2. The molecule has 48 heavy (non-hydrogen) atoms. The maximum absolute atomic E-state index is 13.7. The highest BCUT2D eigenvalue weighted by molar-refractivity contribution is 7.92. The van der Waals surface area contributed by atoms with Gasteiger partial charge in [0, 0.05) is 25.4 Å². The van der Waals surface area contributed by atoms with Crippen LogP contribution in [0, 0.1) is 11.8 Å². The van der Waals surface area contributed by atoms with Crippen molar-refractivity contribution < 1.29 is 40.9 Å². The predicted octanol–water partition coefficient (Wildman–Crippen LogP) is 7.01. The predicted molar refractivity (Wildman–Crippen MR) is 178 cm³/mol. The van der Waals surface area contributed by atoms with Crippen LogP contribution in [0.2, 0.25) is 10.0 Å². The number of anilines is 1. The molecule has 3 aromatic rings. The van der Waals surface area contributed by atoms with Crippen LogP contribution in [0.4, 0.5) is 14.5 Å². The SMILES string of the molecule is CN(C)CCS(=O)(=O)Nc1ccc(C(=O)O[C@@H](Cc2c(Cl)cncc2Cl)c2ccc(OC(F)F)c(OCC3CC3)c2)cc1OCC1CC1. The summed E-state index contributed by atoms with van der Waals surface area (Å²) < 4.78 is 77.1. The van der Waals surface area contributed by atoms with E-state index in [-0.39, 0.29) is 50.7 Å².